The molecule has 2 aliphatic rings. The van der Waals surface area contributed by atoms with Crippen molar-refractivity contribution >= 4 is 22.7 Å². The molecule has 1 aromatic carbocycles. The summed E-state index contributed by atoms with van der Waals surface area (Å²) in [6.45, 7) is 5.29. The van der Waals surface area contributed by atoms with Crippen molar-refractivity contribution in [2.75, 3.05) is 25.5 Å². The zero-order chi connectivity index (χ0) is 21.4. The van der Waals surface area contributed by atoms with Gasteiger partial charge in [0.05, 0.1) is 36.5 Å². The van der Waals surface area contributed by atoms with Gasteiger partial charge in [-0.05, 0) is 61.9 Å². The van der Waals surface area contributed by atoms with Crippen LogP contribution in [-0.4, -0.2) is 56.1 Å². The van der Waals surface area contributed by atoms with Crippen LogP contribution in [0.25, 0.3) is 11.0 Å². The molecule has 5 rings (SSSR count). The summed E-state index contributed by atoms with van der Waals surface area (Å²) in [4.78, 5) is 11.7. The number of aliphatic hydroxyl groups is 1. The number of fused-ring (bicyclic) bond motifs is 2. The van der Waals surface area contributed by atoms with Gasteiger partial charge in [-0.1, -0.05) is 6.92 Å². The van der Waals surface area contributed by atoms with Crippen LogP contribution in [0.1, 0.15) is 49.8 Å². The average Bonchev–Trinajstić information content (AvgIpc) is 3.22. The first kappa shape index (κ1) is 20.2. The van der Waals surface area contributed by atoms with E-state index < -0.39 is 0 Å². The van der Waals surface area contributed by atoms with E-state index in [4.69, 9.17) is 9.72 Å². The number of aromatic nitrogens is 4. The highest BCUT2D eigenvalue weighted by Crippen LogP contribution is 2.34. The molecule has 0 atom stereocenters. The summed E-state index contributed by atoms with van der Waals surface area (Å²) in [6, 6.07) is 4.58. The number of hydrogen-bond donors (Lipinski definition) is 2. The van der Waals surface area contributed by atoms with Crippen LogP contribution >= 0.6 is 0 Å². The Labute approximate surface area is 182 Å². The highest BCUT2D eigenvalue weighted by atomic mass is 16.5. The molecular formula is C23H30N6O2. The van der Waals surface area contributed by atoms with E-state index >= 15 is 0 Å². The van der Waals surface area contributed by atoms with E-state index in [-0.39, 0.29) is 12.1 Å². The van der Waals surface area contributed by atoms with Gasteiger partial charge in [-0.2, -0.15) is 10.1 Å². The second-order valence-electron chi connectivity index (χ2n) is 8.59. The summed E-state index contributed by atoms with van der Waals surface area (Å²) in [6.07, 6.45) is 7.93. The number of benzene rings is 1. The Morgan fingerprint density at radius 2 is 2.00 bits per heavy atom. The van der Waals surface area contributed by atoms with Gasteiger partial charge in [0.2, 0.25) is 5.95 Å². The van der Waals surface area contributed by atoms with Gasteiger partial charge in [-0.15, -0.1) is 0 Å². The summed E-state index contributed by atoms with van der Waals surface area (Å²) in [5.74, 6) is 1.34. The van der Waals surface area contributed by atoms with Crippen LogP contribution < -0.4 is 10.1 Å². The second kappa shape index (κ2) is 8.43. The molecule has 1 aliphatic heterocycles. The summed E-state index contributed by atoms with van der Waals surface area (Å²) < 4.78 is 7.66. The standard InChI is InChI=1S/C23H30N6O2/c1-3-28-9-8-15-11-21(31-2)20(10-16(15)14-28)26-23-24-12-17-13-25-29(22(17)27-23)18-4-6-19(30)7-5-18/h10-13,18-19,30H,3-9,14H2,1-2H3,(H,24,26,27)/t18-,19-. The van der Waals surface area contributed by atoms with Crippen LogP contribution in [0.5, 0.6) is 5.75 Å². The molecule has 8 heteroatoms. The van der Waals surface area contributed by atoms with E-state index in [0.29, 0.717) is 5.95 Å². The van der Waals surface area contributed by atoms with Crippen molar-refractivity contribution < 1.29 is 9.84 Å². The van der Waals surface area contributed by atoms with Gasteiger partial charge < -0.3 is 15.2 Å². The van der Waals surface area contributed by atoms with Crippen molar-refractivity contribution in [3.8, 4) is 5.75 Å². The minimum Gasteiger partial charge on any atom is -0.495 e. The Kier molecular flexibility index (Phi) is 5.50. The quantitative estimate of drug-likeness (QED) is 0.651. The molecule has 1 fully saturated rings. The molecule has 8 nitrogen and oxygen atoms in total. The van der Waals surface area contributed by atoms with E-state index in [1.165, 1.54) is 11.1 Å². The number of likely N-dealkylation sites (N-methyl/N-ethyl adjacent to an activating group) is 1. The third kappa shape index (κ3) is 3.97. The van der Waals surface area contributed by atoms with Crippen molar-refractivity contribution in [2.24, 2.45) is 0 Å². The molecular weight excluding hydrogens is 392 g/mol. The fourth-order valence-electron chi connectivity index (χ4n) is 4.77. The number of methoxy groups -OCH3 is 1. The molecule has 0 radical (unpaired) electrons. The lowest BCUT2D eigenvalue weighted by molar-refractivity contribution is 0.109. The minimum atomic E-state index is -0.190. The van der Waals surface area contributed by atoms with Gasteiger partial charge in [0.1, 0.15) is 5.75 Å². The molecule has 0 saturated heterocycles. The molecule has 2 N–H and O–H groups in total. The van der Waals surface area contributed by atoms with Gasteiger partial charge in [0.25, 0.3) is 0 Å². The van der Waals surface area contributed by atoms with Crippen molar-refractivity contribution in [3.63, 3.8) is 0 Å². The van der Waals surface area contributed by atoms with Gasteiger partial charge in [-0.25, -0.2) is 9.67 Å². The normalized spacial score (nSPS) is 21.8. The smallest absolute Gasteiger partial charge is 0.229 e. The molecule has 3 aromatic rings. The summed E-state index contributed by atoms with van der Waals surface area (Å²) in [5, 5.41) is 18.7. The summed E-state index contributed by atoms with van der Waals surface area (Å²) in [7, 11) is 1.70. The lowest BCUT2D eigenvalue weighted by Gasteiger charge is -2.28. The first-order valence-electron chi connectivity index (χ1n) is 11.2. The van der Waals surface area contributed by atoms with E-state index in [1.54, 1.807) is 7.11 Å². The lowest BCUT2D eigenvalue weighted by atomic mass is 9.93. The van der Waals surface area contributed by atoms with Gasteiger partial charge in [-0.3, -0.25) is 4.90 Å². The maximum Gasteiger partial charge on any atom is 0.229 e. The molecule has 3 heterocycles. The topological polar surface area (TPSA) is 88.3 Å². The van der Waals surface area contributed by atoms with Crippen molar-refractivity contribution in [3.05, 3.63) is 35.7 Å². The Bertz CT molecular complexity index is 1070. The molecule has 1 aliphatic carbocycles. The first-order chi connectivity index (χ1) is 15.1. The predicted molar refractivity (Wildman–Crippen MR) is 120 cm³/mol. The second-order valence-corrected chi connectivity index (χ2v) is 8.59. The Morgan fingerprint density at radius 3 is 2.77 bits per heavy atom. The van der Waals surface area contributed by atoms with Crippen LogP contribution in [0.15, 0.2) is 24.5 Å². The van der Waals surface area contributed by atoms with E-state index in [9.17, 15) is 5.11 Å². The van der Waals surface area contributed by atoms with Crippen LogP contribution in [0, 0.1) is 0 Å². The summed E-state index contributed by atoms with van der Waals surface area (Å²) >= 11 is 0. The fourth-order valence-corrected chi connectivity index (χ4v) is 4.77. The molecule has 0 amide bonds. The van der Waals surface area contributed by atoms with Crippen molar-refractivity contribution in [1.82, 2.24) is 24.6 Å². The molecule has 2 aromatic heterocycles. The Morgan fingerprint density at radius 1 is 1.16 bits per heavy atom. The molecule has 0 bridgehead atoms. The average molecular weight is 423 g/mol. The maximum atomic E-state index is 9.83. The molecule has 0 spiro atoms. The number of ether oxygens (including phenoxy) is 1. The third-order valence-corrected chi connectivity index (χ3v) is 6.65. The molecule has 31 heavy (non-hydrogen) atoms. The van der Waals surface area contributed by atoms with Crippen LogP contribution in [0.4, 0.5) is 11.6 Å². The lowest BCUT2D eigenvalue weighted by Crippen LogP contribution is -2.30. The number of aliphatic hydroxyl groups excluding tert-OH is 1. The Balaban J connectivity index is 1.44. The third-order valence-electron chi connectivity index (χ3n) is 6.65. The number of nitrogens with zero attached hydrogens (tertiary/aromatic N) is 5. The highest BCUT2D eigenvalue weighted by Gasteiger charge is 2.24. The van der Waals surface area contributed by atoms with Crippen LogP contribution in [0.3, 0.4) is 0 Å². The minimum absolute atomic E-state index is 0.190. The number of rotatable bonds is 5. The zero-order valence-corrected chi connectivity index (χ0v) is 18.2. The largest absolute Gasteiger partial charge is 0.495 e. The van der Waals surface area contributed by atoms with Gasteiger partial charge in [0, 0.05) is 19.3 Å². The molecule has 1 saturated carbocycles. The van der Waals surface area contributed by atoms with Crippen molar-refractivity contribution in [1.29, 1.82) is 0 Å². The Hall–Kier alpha value is -2.71. The van der Waals surface area contributed by atoms with Crippen LogP contribution in [0.2, 0.25) is 0 Å². The zero-order valence-electron chi connectivity index (χ0n) is 18.2. The first-order valence-corrected chi connectivity index (χ1v) is 11.2. The fraction of sp³-hybridized carbons (Fsp3) is 0.522. The van der Waals surface area contributed by atoms with E-state index in [1.807, 2.05) is 17.1 Å². The van der Waals surface area contributed by atoms with E-state index in [0.717, 1.165) is 74.2 Å². The molecule has 0 unspecified atom stereocenters. The predicted octanol–water partition coefficient (Wildman–Crippen LogP) is 3.43. The van der Waals surface area contributed by atoms with E-state index in [2.05, 4.69) is 39.4 Å². The van der Waals surface area contributed by atoms with Gasteiger partial charge >= 0.3 is 0 Å². The number of hydrogen-bond acceptors (Lipinski definition) is 7. The highest BCUT2D eigenvalue weighted by molar-refractivity contribution is 5.76. The van der Waals surface area contributed by atoms with Crippen LogP contribution in [-0.2, 0) is 13.0 Å². The van der Waals surface area contributed by atoms with Gasteiger partial charge in [0.15, 0.2) is 5.65 Å². The maximum absolute atomic E-state index is 9.83. The SMILES string of the molecule is CCN1CCc2cc(OC)c(Nc3ncc4cnn([C@H]5CC[C@H](O)CC5)c4n3)cc2C1. The van der Waals surface area contributed by atoms with Crippen molar-refractivity contribution in [2.45, 2.75) is 57.7 Å². The number of anilines is 2. The number of nitrogens with one attached hydrogen (secondary N) is 1. The molecule has 164 valence electrons. The summed E-state index contributed by atoms with van der Waals surface area (Å²) in [5.41, 5.74) is 4.38. The monoisotopic (exact) mass is 422 g/mol.